The molecule has 1 aromatic heterocycles. The number of nitrogens with one attached hydrogen (secondary N) is 1. The SMILES string of the molecule is COC(=O)C(S)N(C)Cc1cc(F)c(Cl)cc1Nc1ncnc2cc(OC)c(O)cc12. The topological polar surface area (TPSA) is 96.8 Å². The van der Waals surface area contributed by atoms with E-state index in [1.165, 1.54) is 38.7 Å². The van der Waals surface area contributed by atoms with Gasteiger partial charge in [0.05, 0.1) is 24.8 Å². The number of thiol groups is 1. The van der Waals surface area contributed by atoms with Crippen LogP contribution in [0.2, 0.25) is 5.02 Å². The van der Waals surface area contributed by atoms with Crippen molar-refractivity contribution in [3.63, 3.8) is 0 Å². The zero-order valence-electron chi connectivity index (χ0n) is 16.9. The summed E-state index contributed by atoms with van der Waals surface area (Å²) in [6, 6.07) is 5.73. The Hall–Kier alpha value is -2.82. The minimum atomic E-state index is -0.846. The van der Waals surface area contributed by atoms with Gasteiger partial charge >= 0.3 is 5.97 Å². The summed E-state index contributed by atoms with van der Waals surface area (Å²) in [5.41, 5.74) is 1.48. The summed E-state index contributed by atoms with van der Waals surface area (Å²) >= 11 is 10.2. The Labute approximate surface area is 188 Å². The number of benzene rings is 2. The van der Waals surface area contributed by atoms with Crippen LogP contribution >= 0.6 is 24.2 Å². The maximum Gasteiger partial charge on any atom is 0.333 e. The second kappa shape index (κ2) is 9.54. The summed E-state index contributed by atoms with van der Waals surface area (Å²) in [6.45, 7) is 0.155. The molecule has 2 aromatic carbocycles. The number of esters is 1. The van der Waals surface area contributed by atoms with Gasteiger partial charge in [0.15, 0.2) is 16.9 Å². The summed E-state index contributed by atoms with van der Waals surface area (Å²) in [6.07, 6.45) is 1.35. The van der Waals surface area contributed by atoms with Crippen molar-refractivity contribution in [2.75, 3.05) is 26.6 Å². The number of nitrogens with zero attached hydrogens (tertiary/aromatic N) is 3. The first-order valence-corrected chi connectivity index (χ1v) is 9.87. The molecule has 0 aliphatic rings. The Kier molecular flexibility index (Phi) is 7.04. The molecule has 3 aromatic rings. The average molecular weight is 467 g/mol. The number of rotatable bonds is 7. The number of carbonyl (C=O) groups excluding carboxylic acids is 1. The Morgan fingerprint density at radius 1 is 1.32 bits per heavy atom. The minimum Gasteiger partial charge on any atom is -0.504 e. The van der Waals surface area contributed by atoms with Gasteiger partial charge in [0.25, 0.3) is 0 Å². The van der Waals surface area contributed by atoms with Gasteiger partial charge in [-0.1, -0.05) is 11.6 Å². The molecule has 0 radical (unpaired) electrons. The van der Waals surface area contributed by atoms with E-state index in [-0.39, 0.29) is 23.1 Å². The first-order chi connectivity index (χ1) is 14.7. The van der Waals surface area contributed by atoms with Gasteiger partial charge in [-0.15, -0.1) is 12.6 Å². The van der Waals surface area contributed by atoms with E-state index in [0.29, 0.717) is 28.0 Å². The molecule has 0 fully saturated rings. The third kappa shape index (κ3) is 4.92. The molecule has 0 saturated heterocycles. The molecule has 1 unspecified atom stereocenters. The predicted molar refractivity (Wildman–Crippen MR) is 119 cm³/mol. The highest BCUT2D eigenvalue weighted by Crippen LogP contribution is 2.35. The van der Waals surface area contributed by atoms with E-state index in [1.54, 1.807) is 18.0 Å². The molecule has 0 saturated carbocycles. The first-order valence-electron chi connectivity index (χ1n) is 8.98. The van der Waals surface area contributed by atoms with E-state index in [4.69, 9.17) is 21.1 Å². The monoisotopic (exact) mass is 466 g/mol. The Bertz CT molecular complexity index is 1130. The fraction of sp³-hybridized carbons (Fsp3) is 0.250. The van der Waals surface area contributed by atoms with Crippen molar-refractivity contribution in [2.45, 2.75) is 11.9 Å². The molecule has 2 N–H and O–H groups in total. The van der Waals surface area contributed by atoms with Crippen LogP contribution in [0.25, 0.3) is 10.9 Å². The van der Waals surface area contributed by atoms with E-state index < -0.39 is 17.2 Å². The van der Waals surface area contributed by atoms with Crippen LogP contribution in [0.15, 0.2) is 30.6 Å². The van der Waals surface area contributed by atoms with Crippen LogP contribution in [0.4, 0.5) is 15.9 Å². The van der Waals surface area contributed by atoms with E-state index >= 15 is 0 Å². The number of aromatic nitrogens is 2. The molecule has 8 nitrogen and oxygen atoms in total. The van der Waals surface area contributed by atoms with Gasteiger partial charge in [0.2, 0.25) is 0 Å². The minimum absolute atomic E-state index is 0.0825. The molecule has 1 atom stereocenters. The normalized spacial score (nSPS) is 12.1. The maximum atomic E-state index is 14.2. The van der Waals surface area contributed by atoms with Crippen LogP contribution in [0.3, 0.4) is 0 Å². The van der Waals surface area contributed by atoms with E-state index in [2.05, 4.69) is 27.9 Å². The number of phenols is 1. The number of fused-ring (bicyclic) bond motifs is 1. The first kappa shape index (κ1) is 22.9. The second-order valence-corrected chi connectivity index (χ2v) is 7.52. The van der Waals surface area contributed by atoms with Gasteiger partial charge < -0.3 is 19.9 Å². The molecule has 0 aliphatic heterocycles. The number of methoxy groups -OCH3 is 2. The molecule has 0 aliphatic carbocycles. The lowest BCUT2D eigenvalue weighted by Gasteiger charge is -2.23. The zero-order chi connectivity index (χ0) is 22.7. The van der Waals surface area contributed by atoms with E-state index in [9.17, 15) is 14.3 Å². The van der Waals surface area contributed by atoms with Gasteiger partial charge in [-0.3, -0.25) is 4.90 Å². The largest absolute Gasteiger partial charge is 0.504 e. The number of anilines is 2. The molecule has 1 heterocycles. The fourth-order valence-electron chi connectivity index (χ4n) is 2.94. The average Bonchev–Trinajstić information content (AvgIpc) is 2.75. The summed E-state index contributed by atoms with van der Waals surface area (Å²) < 4.78 is 24.0. The molecule has 164 valence electrons. The highest BCUT2D eigenvalue weighted by atomic mass is 35.5. The number of halogens is 2. The summed E-state index contributed by atoms with van der Waals surface area (Å²) in [5.74, 6) is -0.599. The van der Waals surface area contributed by atoms with Crippen molar-refractivity contribution in [3.8, 4) is 11.5 Å². The fourth-order valence-corrected chi connectivity index (χ4v) is 3.29. The molecule has 0 amide bonds. The van der Waals surface area contributed by atoms with Gasteiger partial charge in [-0.25, -0.2) is 19.2 Å². The van der Waals surface area contributed by atoms with Gasteiger partial charge in [0.1, 0.15) is 18.0 Å². The zero-order valence-corrected chi connectivity index (χ0v) is 18.5. The quantitative estimate of drug-likeness (QED) is 0.275. The molecule has 0 spiro atoms. The third-order valence-electron chi connectivity index (χ3n) is 4.58. The Balaban J connectivity index is 2.01. The predicted octanol–water partition coefficient (Wildman–Crippen LogP) is 3.74. The highest BCUT2D eigenvalue weighted by Gasteiger charge is 2.22. The van der Waals surface area contributed by atoms with Crippen LogP contribution in [0.1, 0.15) is 5.56 Å². The summed E-state index contributed by atoms with van der Waals surface area (Å²) in [7, 11) is 4.35. The lowest BCUT2D eigenvalue weighted by atomic mass is 10.1. The second-order valence-electron chi connectivity index (χ2n) is 6.62. The number of phenolic OH excluding ortho intramolecular Hbond substituents is 1. The molecule has 11 heteroatoms. The van der Waals surface area contributed by atoms with Crippen LogP contribution in [-0.4, -0.2) is 52.6 Å². The maximum absolute atomic E-state index is 14.2. The molecule has 0 bridgehead atoms. The van der Waals surface area contributed by atoms with Crippen molar-refractivity contribution in [3.05, 3.63) is 47.0 Å². The highest BCUT2D eigenvalue weighted by molar-refractivity contribution is 7.81. The summed E-state index contributed by atoms with van der Waals surface area (Å²) in [4.78, 5) is 21.8. The van der Waals surface area contributed by atoms with Crippen molar-refractivity contribution >= 4 is 52.6 Å². The van der Waals surface area contributed by atoms with Crippen LogP contribution < -0.4 is 10.1 Å². The van der Waals surface area contributed by atoms with Crippen molar-refractivity contribution in [1.82, 2.24) is 14.9 Å². The number of hydrogen-bond donors (Lipinski definition) is 3. The molecular weight excluding hydrogens is 447 g/mol. The molecular formula is C20H20ClFN4O4S. The van der Waals surface area contributed by atoms with Crippen molar-refractivity contribution in [1.29, 1.82) is 0 Å². The Morgan fingerprint density at radius 3 is 2.74 bits per heavy atom. The number of likely N-dealkylation sites (N-methyl/N-ethyl adjacent to an activating group) is 1. The van der Waals surface area contributed by atoms with Gasteiger partial charge in [0, 0.05) is 23.7 Å². The van der Waals surface area contributed by atoms with Gasteiger partial charge in [-0.05, 0) is 30.8 Å². The lowest BCUT2D eigenvalue weighted by Crippen LogP contribution is -2.34. The number of hydrogen-bond acceptors (Lipinski definition) is 9. The number of ether oxygens (including phenoxy) is 2. The summed E-state index contributed by atoms with van der Waals surface area (Å²) in [5, 5.41) is 12.8. The molecule has 31 heavy (non-hydrogen) atoms. The van der Waals surface area contributed by atoms with Crippen LogP contribution in [0.5, 0.6) is 11.5 Å². The smallest absolute Gasteiger partial charge is 0.333 e. The third-order valence-corrected chi connectivity index (χ3v) is 5.48. The molecule has 3 rings (SSSR count). The Morgan fingerprint density at radius 2 is 2.06 bits per heavy atom. The van der Waals surface area contributed by atoms with E-state index in [0.717, 1.165) is 0 Å². The lowest BCUT2D eigenvalue weighted by molar-refractivity contribution is -0.143. The van der Waals surface area contributed by atoms with E-state index in [1.807, 2.05) is 0 Å². The van der Waals surface area contributed by atoms with Crippen LogP contribution in [-0.2, 0) is 16.1 Å². The van der Waals surface area contributed by atoms with Gasteiger partial charge in [-0.2, -0.15) is 0 Å². The van der Waals surface area contributed by atoms with Crippen molar-refractivity contribution < 1.29 is 23.8 Å². The standard InChI is InChI=1S/C20H20ClFN4O4S/c1-26(19(31)20(28)30-3)8-10-4-13(22)12(21)6-14(10)25-18-11-5-16(27)17(29-2)7-15(11)23-9-24-18/h4-7,9,19,27,31H,8H2,1-3H3,(H,23,24,25). The number of carbonyl (C=O) groups is 1. The number of aromatic hydroxyl groups is 1. The van der Waals surface area contributed by atoms with Crippen LogP contribution in [0, 0.1) is 5.82 Å². The van der Waals surface area contributed by atoms with Crippen molar-refractivity contribution in [2.24, 2.45) is 0 Å².